The number of benzene rings is 3. The Labute approximate surface area is 193 Å². The predicted molar refractivity (Wildman–Crippen MR) is 115 cm³/mol. The van der Waals surface area contributed by atoms with E-state index in [0.717, 1.165) is 12.1 Å². The van der Waals surface area contributed by atoms with Crippen molar-refractivity contribution >= 4 is 5.91 Å². The number of ether oxygens (including phenoxy) is 3. The fraction of sp³-hybridized carbons (Fsp3) is 0.240. The van der Waals surface area contributed by atoms with Crippen LogP contribution < -0.4 is 14.2 Å². The third-order valence-electron chi connectivity index (χ3n) is 5.68. The summed E-state index contributed by atoms with van der Waals surface area (Å²) >= 11 is 0. The van der Waals surface area contributed by atoms with Gasteiger partial charge in [0.15, 0.2) is 0 Å². The third kappa shape index (κ3) is 4.64. The SMILES string of the molecule is COc1ccc(OCC(c2ccc(OC)cc2F)N2Cc3ccc(C(F)(F)F)cc3C2=O)cc1. The minimum atomic E-state index is -4.58. The van der Waals surface area contributed by atoms with E-state index < -0.39 is 29.5 Å². The van der Waals surface area contributed by atoms with Crippen molar-refractivity contribution in [2.75, 3.05) is 20.8 Å². The van der Waals surface area contributed by atoms with Crippen LogP contribution in [-0.4, -0.2) is 31.6 Å². The van der Waals surface area contributed by atoms with Gasteiger partial charge in [-0.1, -0.05) is 12.1 Å². The minimum Gasteiger partial charge on any atom is -0.497 e. The molecular weight excluding hydrogens is 454 g/mol. The maximum Gasteiger partial charge on any atom is 0.416 e. The van der Waals surface area contributed by atoms with Gasteiger partial charge in [0.25, 0.3) is 5.91 Å². The summed E-state index contributed by atoms with van der Waals surface area (Å²) in [4.78, 5) is 14.5. The number of hydrogen-bond acceptors (Lipinski definition) is 4. The van der Waals surface area contributed by atoms with Gasteiger partial charge >= 0.3 is 6.18 Å². The number of rotatable bonds is 7. The van der Waals surface area contributed by atoms with Crippen molar-refractivity contribution in [3.05, 3.63) is 88.7 Å². The largest absolute Gasteiger partial charge is 0.497 e. The molecule has 9 heteroatoms. The molecule has 0 bridgehead atoms. The van der Waals surface area contributed by atoms with Gasteiger partial charge in [-0.2, -0.15) is 13.2 Å². The highest BCUT2D eigenvalue weighted by Crippen LogP contribution is 2.37. The van der Waals surface area contributed by atoms with Crippen LogP contribution in [0.15, 0.2) is 60.7 Å². The molecule has 1 atom stereocenters. The Morgan fingerprint density at radius 1 is 0.912 bits per heavy atom. The predicted octanol–water partition coefficient (Wildman–Crippen LogP) is 5.64. The van der Waals surface area contributed by atoms with Crippen LogP contribution in [0.2, 0.25) is 0 Å². The summed E-state index contributed by atoms with van der Waals surface area (Å²) in [5.41, 5.74) is -0.380. The highest BCUT2D eigenvalue weighted by Gasteiger charge is 2.38. The Morgan fingerprint density at radius 3 is 2.18 bits per heavy atom. The highest BCUT2D eigenvalue weighted by molar-refractivity contribution is 5.98. The van der Waals surface area contributed by atoms with Gasteiger partial charge in [-0.25, -0.2) is 4.39 Å². The lowest BCUT2D eigenvalue weighted by Gasteiger charge is -2.28. The maximum atomic E-state index is 15.0. The van der Waals surface area contributed by atoms with E-state index in [-0.39, 0.29) is 24.3 Å². The molecule has 1 aliphatic rings. The molecule has 0 radical (unpaired) electrons. The van der Waals surface area contributed by atoms with Crippen molar-refractivity contribution < 1.29 is 36.6 Å². The zero-order valence-electron chi connectivity index (χ0n) is 18.4. The Hall–Kier alpha value is -3.75. The molecule has 0 saturated carbocycles. The van der Waals surface area contributed by atoms with Gasteiger partial charge in [0.1, 0.15) is 29.7 Å². The number of methoxy groups -OCH3 is 2. The molecule has 1 unspecified atom stereocenters. The smallest absolute Gasteiger partial charge is 0.416 e. The van der Waals surface area contributed by atoms with Crippen molar-refractivity contribution in [2.24, 2.45) is 0 Å². The summed E-state index contributed by atoms with van der Waals surface area (Å²) in [5, 5.41) is 0. The van der Waals surface area contributed by atoms with Crippen LogP contribution >= 0.6 is 0 Å². The molecule has 3 aromatic carbocycles. The van der Waals surface area contributed by atoms with Crippen LogP contribution in [0.5, 0.6) is 17.2 Å². The lowest BCUT2D eigenvalue weighted by atomic mass is 10.0. The normalized spacial score (nSPS) is 14.1. The van der Waals surface area contributed by atoms with Gasteiger partial charge in [-0.05, 0) is 48.0 Å². The van der Waals surface area contributed by atoms with Gasteiger partial charge < -0.3 is 19.1 Å². The topological polar surface area (TPSA) is 48.0 Å². The number of halogens is 4. The number of carbonyl (C=O) groups excluding carboxylic acids is 1. The first kappa shape index (κ1) is 23.4. The van der Waals surface area contributed by atoms with Gasteiger partial charge in [0, 0.05) is 23.7 Å². The molecule has 0 N–H and O–H groups in total. The first-order valence-electron chi connectivity index (χ1n) is 10.3. The van der Waals surface area contributed by atoms with Crippen LogP contribution in [0, 0.1) is 5.82 Å². The Bertz CT molecular complexity index is 1190. The fourth-order valence-corrected chi connectivity index (χ4v) is 3.85. The molecule has 0 saturated heterocycles. The molecular formula is C25H21F4NO4. The number of hydrogen-bond donors (Lipinski definition) is 0. The van der Waals surface area contributed by atoms with E-state index in [4.69, 9.17) is 14.2 Å². The lowest BCUT2D eigenvalue weighted by Crippen LogP contribution is -2.33. The van der Waals surface area contributed by atoms with Crippen molar-refractivity contribution in [3.8, 4) is 17.2 Å². The molecule has 0 fully saturated rings. The quantitative estimate of drug-likeness (QED) is 0.415. The van der Waals surface area contributed by atoms with Gasteiger partial charge in [-0.15, -0.1) is 0 Å². The van der Waals surface area contributed by atoms with Crippen molar-refractivity contribution in [3.63, 3.8) is 0 Å². The fourth-order valence-electron chi connectivity index (χ4n) is 3.85. The molecule has 5 nitrogen and oxygen atoms in total. The Balaban J connectivity index is 1.66. The molecule has 3 aromatic rings. The first-order chi connectivity index (χ1) is 16.2. The summed E-state index contributed by atoms with van der Waals surface area (Å²) in [6.45, 7) is -0.101. The van der Waals surface area contributed by atoms with E-state index in [1.54, 1.807) is 30.3 Å². The summed E-state index contributed by atoms with van der Waals surface area (Å²) in [6.07, 6.45) is -4.58. The number of amides is 1. The highest BCUT2D eigenvalue weighted by atomic mass is 19.4. The van der Waals surface area contributed by atoms with Gasteiger partial charge in [0.05, 0.1) is 25.8 Å². The van der Waals surface area contributed by atoms with E-state index in [9.17, 15) is 18.0 Å². The molecule has 34 heavy (non-hydrogen) atoms. The molecule has 0 aromatic heterocycles. The number of nitrogens with zero attached hydrogens (tertiary/aromatic N) is 1. The number of carbonyl (C=O) groups is 1. The lowest BCUT2D eigenvalue weighted by molar-refractivity contribution is -0.137. The monoisotopic (exact) mass is 475 g/mol. The van der Waals surface area contributed by atoms with Crippen LogP contribution in [0.4, 0.5) is 17.6 Å². The number of fused-ring (bicyclic) bond motifs is 1. The summed E-state index contributed by atoms with van der Waals surface area (Å²) in [5.74, 6) is 0.128. The summed E-state index contributed by atoms with van der Waals surface area (Å²) in [6, 6.07) is 13.1. The first-order valence-corrected chi connectivity index (χ1v) is 10.3. The second-order valence-corrected chi connectivity index (χ2v) is 7.69. The van der Waals surface area contributed by atoms with Crippen molar-refractivity contribution in [1.82, 2.24) is 4.90 Å². The van der Waals surface area contributed by atoms with Crippen LogP contribution in [-0.2, 0) is 12.7 Å². The van der Waals surface area contributed by atoms with Crippen molar-refractivity contribution in [1.29, 1.82) is 0 Å². The van der Waals surface area contributed by atoms with E-state index in [1.807, 2.05) is 0 Å². The number of alkyl halides is 3. The molecule has 0 aliphatic carbocycles. The standard InChI is InChI=1S/C25H21F4NO4/c1-32-17-5-7-18(8-6-17)34-14-23(20-10-9-19(33-2)12-22(20)26)30-13-15-3-4-16(25(27,28)29)11-21(15)24(30)31/h3-12,23H,13-14H2,1-2H3. The third-order valence-corrected chi connectivity index (χ3v) is 5.68. The molecule has 1 heterocycles. The van der Waals surface area contributed by atoms with Crippen LogP contribution in [0.25, 0.3) is 0 Å². The van der Waals surface area contributed by atoms with Crippen molar-refractivity contribution in [2.45, 2.75) is 18.8 Å². The second kappa shape index (κ2) is 9.24. The average molecular weight is 475 g/mol. The maximum absolute atomic E-state index is 15.0. The molecule has 0 spiro atoms. The van der Waals surface area contributed by atoms with E-state index >= 15 is 4.39 Å². The molecule has 4 rings (SSSR count). The van der Waals surface area contributed by atoms with Gasteiger partial charge in [-0.3, -0.25) is 4.79 Å². The second-order valence-electron chi connectivity index (χ2n) is 7.69. The average Bonchev–Trinajstić information content (AvgIpc) is 3.15. The minimum absolute atomic E-state index is 0.0222. The summed E-state index contributed by atoms with van der Waals surface area (Å²) in [7, 11) is 2.93. The van der Waals surface area contributed by atoms with Crippen LogP contribution in [0.3, 0.4) is 0 Å². The van der Waals surface area contributed by atoms with E-state index in [2.05, 4.69) is 0 Å². The Morgan fingerprint density at radius 2 is 1.56 bits per heavy atom. The zero-order chi connectivity index (χ0) is 24.5. The molecule has 1 amide bonds. The summed E-state index contributed by atoms with van der Waals surface area (Å²) < 4.78 is 70.5. The zero-order valence-corrected chi connectivity index (χ0v) is 18.4. The Kier molecular flexibility index (Phi) is 6.37. The van der Waals surface area contributed by atoms with E-state index in [0.29, 0.717) is 22.8 Å². The van der Waals surface area contributed by atoms with E-state index in [1.165, 1.54) is 37.3 Å². The van der Waals surface area contributed by atoms with Gasteiger partial charge in [0.2, 0.25) is 0 Å². The molecule has 178 valence electrons. The molecule has 1 aliphatic heterocycles. The van der Waals surface area contributed by atoms with Crippen LogP contribution in [0.1, 0.15) is 33.1 Å².